The van der Waals surface area contributed by atoms with Gasteiger partial charge in [-0.25, -0.2) is 9.97 Å². The molecule has 0 aliphatic heterocycles. The molecule has 2 rings (SSSR count). The second kappa shape index (κ2) is 2.85. The van der Waals surface area contributed by atoms with Crippen LogP contribution in [0.1, 0.15) is 37.4 Å². The molecule has 1 atom stereocenters. The Bertz CT molecular complexity index is 281. The van der Waals surface area contributed by atoms with E-state index < -0.39 is 0 Å². The summed E-state index contributed by atoms with van der Waals surface area (Å²) in [5, 5.41) is 0. The van der Waals surface area contributed by atoms with Crippen LogP contribution in [0.5, 0.6) is 0 Å². The van der Waals surface area contributed by atoms with Crippen molar-refractivity contribution in [3.05, 3.63) is 23.8 Å². The van der Waals surface area contributed by atoms with E-state index in [1.807, 2.05) is 6.20 Å². The summed E-state index contributed by atoms with van der Waals surface area (Å²) in [6.07, 6.45) is 6.04. The van der Waals surface area contributed by atoms with Crippen molar-refractivity contribution in [3.8, 4) is 0 Å². The van der Waals surface area contributed by atoms with Gasteiger partial charge in [0, 0.05) is 11.9 Å². The van der Waals surface area contributed by atoms with Gasteiger partial charge in [0.1, 0.15) is 6.33 Å². The van der Waals surface area contributed by atoms with Crippen molar-refractivity contribution < 1.29 is 0 Å². The highest BCUT2D eigenvalue weighted by atomic mass is 14.8. The van der Waals surface area contributed by atoms with Crippen LogP contribution in [0.2, 0.25) is 0 Å². The van der Waals surface area contributed by atoms with Crippen molar-refractivity contribution in [2.24, 2.45) is 5.92 Å². The van der Waals surface area contributed by atoms with Gasteiger partial charge in [-0.2, -0.15) is 0 Å². The summed E-state index contributed by atoms with van der Waals surface area (Å²) < 4.78 is 0. The molecule has 64 valence electrons. The van der Waals surface area contributed by atoms with Gasteiger partial charge in [0.05, 0.1) is 0 Å². The smallest absolute Gasteiger partial charge is 0.115 e. The van der Waals surface area contributed by atoms with E-state index in [0.29, 0.717) is 5.92 Å². The van der Waals surface area contributed by atoms with Crippen molar-refractivity contribution in [1.29, 1.82) is 0 Å². The second-order valence-electron chi connectivity index (χ2n) is 3.81. The summed E-state index contributed by atoms with van der Waals surface area (Å²) in [5.41, 5.74) is 2.65. The molecule has 0 radical (unpaired) electrons. The van der Waals surface area contributed by atoms with E-state index in [1.165, 1.54) is 17.7 Å². The molecule has 1 aliphatic carbocycles. The van der Waals surface area contributed by atoms with Crippen molar-refractivity contribution in [3.63, 3.8) is 0 Å². The number of rotatable bonds is 1. The maximum atomic E-state index is 4.28. The molecule has 0 fully saturated rings. The molecule has 0 saturated heterocycles. The van der Waals surface area contributed by atoms with Crippen molar-refractivity contribution in [2.75, 3.05) is 0 Å². The van der Waals surface area contributed by atoms with Gasteiger partial charge in [-0.15, -0.1) is 0 Å². The fourth-order valence-electron chi connectivity index (χ4n) is 2.02. The minimum atomic E-state index is 0.696. The average Bonchev–Trinajstić information content (AvgIpc) is 2.47. The van der Waals surface area contributed by atoms with Gasteiger partial charge < -0.3 is 0 Å². The molecule has 0 spiro atoms. The maximum absolute atomic E-state index is 4.28. The molecule has 0 aromatic carbocycles. The first kappa shape index (κ1) is 7.71. The van der Waals surface area contributed by atoms with Gasteiger partial charge >= 0.3 is 0 Å². The summed E-state index contributed by atoms with van der Waals surface area (Å²) in [6.45, 7) is 4.54. The SMILES string of the molecule is CC(C)C1CCc2ncncc21. The van der Waals surface area contributed by atoms with Crippen LogP contribution in [0.15, 0.2) is 12.5 Å². The lowest BCUT2D eigenvalue weighted by Gasteiger charge is -2.13. The zero-order valence-corrected chi connectivity index (χ0v) is 7.62. The first-order valence-corrected chi connectivity index (χ1v) is 4.58. The maximum Gasteiger partial charge on any atom is 0.115 e. The Morgan fingerprint density at radius 2 is 2.33 bits per heavy atom. The van der Waals surface area contributed by atoms with E-state index in [9.17, 15) is 0 Å². The minimum Gasteiger partial charge on any atom is -0.245 e. The van der Waals surface area contributed by atoms with Gasteiger partial charge in [0.2, 0.25) is 0 Å². The van der Waals surface area contributed by atoms with Gasteiger partial charge in [-0.1, -0.05) is 13.8 Å². The van der Waals surface area contributed by atoms with Crippen LogP contribution in [0.25, 0.3) is 0 Å². The third-order valence-corrected chi connectivity index (χ3v) is 2.72. The third-order valence-electron chi connectivity index (χ3n) is 2.72. The lowest BCUT2D eigenvalue weighted by Crippen LogP contribution is -2.02. The second-order valence-corrected chi connectivity index (χ2v) is 3.81. The van der Waals surface area contributed by atoms with Crippen LogP contribution in [0.4, 0.5) is 0 Å². The van der Waals surface area contributed by atoms with Crippen LogP contribution < -0.4 is 0 Å². The minimum absolute atomic E-state index is 0.696. The lowest BCUT2D eigenvalue weighted by atomic mass is 9.92. The molecule has 2 nitrogen and oxygen atoms in total. The van der Waals surface area contributed by atoms with E-state index in [1.54, 1.807) is 6.33 Å². The molecule has 1 aromatic heterocycles. The topological polar surface area (TPSA) is 25.8 Å². The predicted molar refractivity (Wildman–Crippen MR) is 47.9 cm³/mol. The fourth-order valence-corrected chi connectivity index (χ4v) is 2.02. The third kappa shape index (κ3) is 1.11. The zero-order chi connectivity index (χ0) is 8.55. The van der Waals surface area contributed by atoms with E-state index in [0.717, 1.165) is 12.3 Å². The predicted octanol–water partition coefficient (Wildman–Crippen LogP) is 2.16. The Kier molecular flexibility index (Phi) is 1.83. The quantitative estimate of drug-likeness (QED) is 0.632. The Balaban J connectivity index is 2.36. The van der Waals surface area contributed by atoms with E-state index in [4.69, 9.17) is 0 Å². The van der Waals surface area contributed by atoms with Gasteiger partial charge in [0.15, 0.2) is 0 Å². The number of aryl methyl sites for hydroxylation is 1. The molecule has 1 heterocycles. The van der Waals surface area contributed by atoms with E-state index >= 15 is 0 Å². The number of nitrogens with zero attached hydrogens (tertiary/aromatic N) is 2. The van der Waals surface area contributed by atoms with Gasteiger partial charge in [-0.3, -0.25) is 0 Å². The van der Waals surface area contributed by atoms with Crippen molar-refractivity contribution >= 4 is 0 Å². The summed E-state index contributed by atoms with van der Waals surface area (Å²) in [7, 11) is 0. The van der Waals surface area contributed by atoms with E-state index in [-0.39, 0.29) is 0 Å². The largest absolute Gasteiger partial charge is 0.245 e. The molecule has 0 bridgehead atoms. The van der Waals surface area contributed by atoms with Crippen LogP contribution in [-0.4, -0.2) is 9.97 Å². The first-order valence-electron chi connectivity index (χ1n) is 4.58. The van der Waals surface area contributed by atoms with Gasteiger partial charge in [0.25, 0.3) is 0 Å². The summed E-state index contributed by atoms with van der Waals surface area (Å²) in [6, 6.07) is 0. The normalized spacial score (nSPS) is 21.4. The highest BCUT2D eigenvalue weighted by Gasteiger charge is 2.25. The Hall–Kier alpha value is -0.920. The number of hydrogen-bond acceptors (Lipinski definition) is 2. The summed E-state index contributed by atoms with van der Waals surface area (Å²) >= 11 is 0. The molecule has 1 aromatic rings. The zero-order valence-electron chi connectivity index (χ0n) is 7.62. The Morgan fingerprint density at radius 1 is 1.50 bits per heavy atom. The number of hydrogen-bond donors (Lipinski definition) is 0. The molecular weight excluding hydrogens is 148 g/mol. The molecule has 1 aliphatic rings. The van der Waals surface area contributed by atoms with E-state index in [2.05, 4.69) is 23.8 Å². The molecular formula is C10H14N2. The number of fused-ring (bicyclic) bond motifs is 1. The standard InChI is InChI=1S/C10H14N2/c1-7(2)8-3-4-10-9(8)5-11-6-12-10/h5-8H,3-4H2,1-2H3. The fraction of sp³-hybridized carbons (Fsp3) is 0.600. The Labute approximate surface area is 73.1 Å². The monoisotopic (exact) mass is 162 g/mol. The van der Waals surface area contributed by atoms with Crippen LogP contribution in [0.3, 0.4) is 0 Å². The van der Waals surface area contributed by atoms with Crippen molar-refractivity contribution in [1.82, 2.24) is 9.97 Å². The average molecular weight is 162 g/mol. The molecule has 12 heavy (non-hydrogen) atoms. The molecule has 2 heteroatoms. The Morgan fingerprint density at radius 3 is 3.08 bits per heavy atom. The van der Waals surface area contributed by atoms with Crippen LogP contribution >= 0.6 is 0 Å². The highest BCUT2D eigenvalue weighted by Crippen LogP contribution is 2.36. The highest BCUT2D eigenvalue weighted by molar-refractivity contribution is 5.26. The lowest BCUT2D eigenvalue weighted by molar-refractivity contribution is 0.495. The van der Waals surface area contributed by atoms with Gasteiger partial charge in [-0.05, 0) is 30.2 Å². The number of aromatic nitrogens is 2. The molecule has 0 N–H and O–H groups in total. The summed E-state index contributed by atoms with van der Waals surface area (Å²) in [5.74, 6) is 1.42. The molecule has 0 saturated carbocycles. The summed E-state index contributed by atoms with van der Waals surface area (Å²) in [4.78, 5) is 8.36. The molecule has 0 amide bonds. The van der Waals surface area contributed by atoms with Crippen LogP contribution in [0, 0.1) is 5.92 Å². The molecule has 1 unspecified atom stereocenters. The van der Waals surface area contributed by atoms with Crippen molar-refractivity contribution in [2.45, 2.75) is 32.6 Å². The van der Waals surface area contributed by atoms with Crippen LogP contribution in [-0.2, 0) is 6.42 Å². The first-order chi connectivity index (χ1) is 5.79.